The Balaban J connectivity index is 1.32. The van der Waals surface area contributed by atoms with Crippen molar-refractivity contribution in [3.63, 3.8) is 0 Å². The lowest BCUT2D eigenvalue weighted by atomic mass is 10.1. The molecule has 10 nitrogen and oxygen atoms in total. The summed E-state index contributed by atoms with van der Waals surface area (Å²) in [6.45, 7) is 1.29. The van der Waals surface area contributed by atoms with Crippen molar-refractivity contribution in [2.24, 2.45) is 0 Å². The minimum absolute atomic E-state index is 0.00640. The highest BCUT2D eigenvalue weighted by molar-refractivity contribution is 5.81. The van der Waals surface area contributed by atoms with Crippen LogP contribution in [0.2, 0.25) is 0 Å². The van der Waals surface area contributed by atoms with Crippen molar-refractivity contribution in [2.75, 3.05) is 38.2 Å². The van der Waals surface area contributed by atoms with Gasteiger partial charge in [0.15, 0.2) is 18.1 Å². The number of benzene rings is 2. The molecule has 158 valence electrons. The maximum atomic E-state index is 11.9. The minimum Gasteiger partial charge on any atom is -0.486 e. The second kappa shape index (κ2) is 10.1. The van der Waals surface area contributed by atoms with Crippen molar-refractivity contribution in [1.82, 2.24) is 5.32 Å². The third-order valence-electron chi connectivity index (χ3n) is 4.17. The van der Waals surface area contributed by atoms with E-state index in [-0.39, 0.29) is 18.7 Å². The van der Waals surface area contributed by atoms with Crippen molar-refractivity contribution in [2.45, 2.75) is 6.42 Å². The lowest BCUT2D eigenvalue weighted by molar-refractivity contribution is -0.384. The number of rotatable bonds is 9. The van der Waals surface area contributed by atoms with Crippen LogP contribution in [0.3, 0.4) is 0 Å². The Bertz CT molecular complexity index is 915. The average Bonchev–Trinajstić information content (AvgIpc) is 2.75. The number of carbonyl (C=O) groups excluding carboxylic acids is 2. The maximum absolute atomic E-state index is 11.9. The van der Waals surface area contributed by atoms with Gasteiger partial charge in [-0.1, -0.05) is 6.07 Å². The molecule has 1 aliphatic rings. The predicted octanol–water partition coefficient (Wildman–Crippen LogP) is 1.68. The lowest BCUT2D eigenvalue weighted by Crippen LogP contribution is -2.32. The van der Waals surface area contributed by atoms with Crippen LogP contribution >= 0.6 is 0 Å². The zero-order chi connectivity index (χ0) is 21.3. The molecule has 1 amide bonds. The quantitative estimate of drug-likeness (QED) is 0.274. The van der Waals surface area contributed by atoms with E-state index in [4.69, 9.17) is 14.2 Å². The summed E-state index contributed by atoms with van der Waals surface area (Å²) in [5.74, 6) is 0.284. The van der Waals surface area contributed by atoms with Crippen molar-refractivity contribution >= 4 is 23.3 Å². The molecule has 0 spiro atoms. The number of nitrogens with one attached hydrogen (secondary N) is 2. The molecule has 0 radical (unpaired) electrons. The monoisotopic (exact) mass is 415 g/mol. The Labute approximate surface area is 172 Å². The number of nitrogens with zero attached hydrogens (tertiary/aromatic N) is 1. The highest BCUT2D eigenvalue weighted by atomic mass is 16.6. The molecule has 0 bridgehead atoms. The van der Waals surface area contributed by atoms with Crippen molar-refractivity contribution < 1.29 is 28.7 Å². The Hall–Kier alpha value is -3.82. The van der Waals surface area contributed by atoms with Crippen LogP contribution < -0.4 is 20.1 Å². The molecule has 1 heterocycles. The van der Waals surface area contributed by atoms with Gasteiger partial charge < -0.3 is 24.8 Å². The molecular formula is C20H21N3O7. The first-order valence-corrected chi connectivity index (χ1v) is 9.30. The van der Waals surface area contributed by atoms with Crippen LogP contribution in [0.5, 0.6) is 11.5 Å². The molecule has 0 unspecified atom stereocenters. The van der Waals surface area contributed by atoms with E-state index in [1.165, 1.54) is 12.1 Å². The molecule has 0 fully saturated rings. The van der Waals surface area contributed by atoms with Gasteiger partial charge in [-0.25, -0.2) is 0 Å². The fraction of sp³-hybridized carbons (Fsp3) is 0.300. The van der Waals surface area contributed by atoms with Gasteiger partial charge in [-0.05, 0) is 29.8 Å². The third kappa shape index (κ3) is 6.09. The number of hydrogen-bond donors (Lipinski definition) is 2. The van der Waals surface area contributed by atoms with E-state index in [0.717, 1.165) is 0 Å². The molecule has 2 aromatic carbocycles. The summed E-state index contributed by atoms with van der Waals surface area (Å²) in [5, 5.41) is 16.2. The molecule has 2 N–H and O–H groups in total. The lowest BCUT2D eigenvalue weighted by Gasteiger charge is -2.18. The molecule has 3 rings (SSSR count). The van der Waals surface area contributed by atoms with Gasteiger partial charge in [0.1, 0.15) is 13.2 Å². The number of ether oxygens (including phenoxy) is 3. The molecular weight excluding hydrogens is 394 g/mol. The fourth-order valence-corrected chi connectivity index (χ4v) is 2.72. The molecule has 10 heteroatoms. The standard InChI is InChI=1S/C20H21N3O7/c24-19(22-8-7-21-15-2-4-16(5-3-15)23(26)27)13-30-20(25)12-14-1-6-17-18(11-14)29-10-9-28-17/h1-6,11,21H,7-10,12-13H2,(H,22,24). The number of nitro benzene ring substituents is 1. The van der Waals surface area contributed by atoms with Gasteiger partial charge >= 0.3 is 5.97 Å². The Kier molecular flexibility index (Phi) is 7.04. The van der Waals surface area contributed by atoms with Crippen LogP contribution in [0.4, 0.5) is 11.4 Å². The molecule has 0 saturated heterocycles. The molecule has 0 atom stereocenters. The van der Waals surface area contributed by atoms with Crippen LogP contribution in [0.1, 0.15) is 5.56 Å². The number of esters is 1. The van der Waals surface area contributed by atoms with E-state index >= 15 is 0 Å². The smallest absolute Gasteiger partial charge is 0.310 e. The number of amides is 1. The predicted molar refractivity (Wildman–Crippen MR) is 107 cm³/mol. The zero-order valence-electron chi connectivity index (χ0n) is 16.1. The van der Waals surface area contributed by atoms with E-state index in [1.54, 1.807) is 30.3 Å². The number of non-ortho nitro benzene ring substituents is 1. The summed E-state index contributed by atoms with van der Waals surface area (Å²) in [6.07, 6.45) is 0.0195. The first-order chi connectivity index (χ1) is 14.5. The van der Waals surface area contributed by atoms with Gasteiger partial charge in [-0.2, -0.15) is 0 Å². The van der Waals surface area contributed by atoms with Crippen LogP contribution in [0.25, 0.3) is 0 Å². The van der Waals surface area contributed by atoms with Gasteiger partial charge in [0.25, 0.3) is 11.6 Å². The summed E-state index contributed by atoms with van der Waals surface area (Å²) in [4.78, 5) is 33.9. The van der Waals surface area contributed by atoms with Crippen LogP contribution in [0, 0.1) is 10.1 Å². The molecule has 0 aliphatic carbocycles. The number of carbonyl (C=O) groups is 2. The van der Waals surface area contributed by atoms with Crippen molar-refractivity contribution in [1.29, 1.82) is 0 Å². The van der Waals surface area contributed by atoms with E-state index < -0.39 is 16.8 Å². The highest BCUT2D eigenvalue weighted by Crippen LogP contribution is 2.30. The number of nitro groups is 1. The summed E-state index contributed by atoms with van der Waals surface area (Å²) in [5.41, 5.74) is 1.41. The van der Waals surface area contributed by atoms with E-state index in [2.05, 4.69) is 10.6 Å². The molecule has 2 aromatic rings. The number of fused-ring (bicyclic) bond motifs is 1. The first-order valence-electron chi connectivity index (χ1n) is 9.30. The van der Waals surface area contributed by atoms with Crippen molar-refractivity contribution in [3.8, 4) is 11.5 Å². The topological polar surface area (TPSA) is 129 Å². The second-order valence-corrected chi connectivity index (χ2v) is 6.40. The van der Waals surface area contributed by atoms with Gasteiger partial charge in [0.05, 0.1) is 11.3 Å². The second-order valence-electron chi connectivity index (χ2n) is 6.40. The third-order valence-corrected chi connectivity index (χ3v) is 4.17. The molecule has 30 heavy (non-hydrogen) atoms. The van der Waals surface area contributed by atoms with Crippen LogP contribution in [-0.2, 0) is 20.7 Å². The summed E-state index contributed by atoms with van der Waals surface area (Å²) in [6, 6.07) is 11.2. The minimum atomic E-state index is -0.522. The summed E-state index contributed by atoms with van der Waals surface area (Å²) >= 11 is 0. The zero-order valence-corrected chi connectivity index (χ0v) is 16.1. The molecule has 0 aromatic heterocycles. The first kappa shape index (κ1) is 20.9. The average molecular weight is 415 g/mol. The summed E-state index contributed by atoms with van der Waals surface area (Å²) < 4.78 is 15.9. The van der Waals surface area contributed by atoms with Gasteiger partial charge in [-0.15, -0.1) is 0 Å². The summed E-state index contributed by atoms with van der Waals surface area (Å²) in [7, 11) is 0. The van der Waals surface area contributed by atoms with Crippen molar-refractivity contribution in [3.05, 3.63) is 58.1 Å². The van der Waals surface area contributed by atoms with E-state index in [0.29, 0.717) is 49.1 Å². The highest BCUT2D eigenvalue weighted by Gasteiger charge is 2.14. The molecule has 1 aliphatic heterocycles. The molecule has 0 saturated carbocycles. The Morgan fingerprint density at radius 2 is 1.77 bits per heavy atom. The van der Waals surface area contributed by atoms with Crippen LogP contribution in [-0.4, -0.2) is 49.7 Å². The van der Waals surface area contributed by atoms with Gasteiger partial charge in [0, 0.05) is 30.9 Å². The number of anilines is 1. The SMILES string of the molecule is O=C(COC(=O)Cc1ccc2c(c1)OCCO2)NCCNc1ccc([N+](=O)[O-])cc1. The Morgan fingerprint density at radius 1 is 1.03 bits per heavy atom. The van der Waals surface area contributed by atoms with Gasteiger partial charge in [-0.3, -0.25) is 19.7 Å². The number of hydrogen-bond acceptors (Lipinski definition) is 8. The Morgan fingerprint density at radius 3 is 2.50 bits per heavy atom. The van der Waals surface area contributed by atoms with Gasteiger partial charge in [0.2, 0.25) is 0 Å². The fourth-order valence-electron chi connectivity index (χ4n) is 2.72. The maximum Gasteiger partial charge on any atom is 0.310 e. The van der Waals surface area contributed by atoms with E-state index in [1.807, 2.05) is 0 Å². The normalized spacial score (nSPS) is 12.0. The van der Waals surface area contributed by atoms with E-state index in [9.17, 15) is 19.7 Å². The largest absolute Gasteiger partial charge is 0.486 e. The van der Waals surface area contributed by atoms with Crippen LogP contribution in [0.15, 0.2) is 42.5 Å².